The molecule has 1 atom stereocenters. The van der Waals surface area contributed by atoms with Crippen molar-refractivity contribution < 1.29 is 5.11 Å². The number of hydrogen-bond donors (Lipinski definition) is 2. The highest BCUT2D eigenvalue weighted by Gasteiger charge is 2.18. The van der Waals surface area contributed by atoms with E-state index >= 15 is 0 Å². The summed E-state index contributed by atoms with van der Waals surface area (Å²) in [5, 5.41) is 9.91. The van der Waals surface area contributed by atoms with E-state index in [0.717, 1.165) is 9.44 Å². The van der Waals surface area contributed by atoms with E-state index in [4.69, 9.17) is 11.6 Å². The topological polar surface area (TPSA) is 75.1 Å². The zero-order valence-corrected chi connectivity index (χ0v) is 11.3. The van der Waals surface area contributed by atoms with Crippen molar-refractivity contribution in [1.82, 2.24) is 9.55 Å². The van der Waals surface area contributed by atoms with Gasteiger partial charge in [-0.05, 0) is 26.0 Å². The van der Waals surface area contributed by atoms with Crippen LogP contribution in [0.15, 0.2) is 21.7 Å². The van der Waals surface area contributed by atoms with Crippen molar-refractivity contribution in [3.05, 3.63) is 47.7 Å². The van der Waals surface area contributed by atoms with Crippen molar-refractivity contribution in [3.8, 4) is 5.88 Å². The Morgan fingerprint density at radius 1 is 1.44 bits per heavy atom. The van der Waals surface area contributed by atoms with E-state index in [-0.39, 0.29) is 11.4 Å². The van der Waals surface area contributed by atoms with E-state index in [0.29, 0.717) is 4.34 Å². The van der Waals surface area contributed by atoms with Crippen LogP contribution in [0.25, 0.3) is 0 Å². The summed E-state index contributed by atoms with van der Waals surface area (Å²) in [6, 6.07) is 3.11. The largest absolute Gasteiger partial charge is 0.494 e. The van der Waals surface area contributed by atoms with Crippen LogP contribution < -0.4 is 11.2 Å². The summed E-state index contributed by atoms with van der Waals surface area (Å²) in [5.41, 5.74) is -1.10. The average Bonchev–Trinajstić information content (AvgIpc) is 2.73. The van der Waals surface area contributed by atoms with Crippen molar-refractivity contribution in [2.24, 2.45) is 0 Å². The monoisotopic (exact) mass is 286 g/mol. The second-order valence-corrected chi connectivity index (χ2v) is 5.64. The third-order valence-corrected chi connectivity index (χ3v) is 4.14. The summed E-state index contributed by atoms with van der Waals surface area (Å²) >= 11 is 7.16. The first-order valence-corrected chi connectivity index (χ1v) is 6.41. The van der Waals surface area contributed by atoms with Gasteiger partial charge in [0, 0.05) is 4.88 Å². The number of H-pyrrole nitrogens is 1. The van der Waals surface area contributed by atoms with Gasteiger partial charge in [-0.3, -0.25) is 14.3 Å². The molecule has 2 aromatic heterocycles. The molecule has 0 radical (unpaired) electrons. The molecule has 5 nitrogen and oxygen atoms in total. The first-order valence-electron chi connectivity index (χ1n) is 5.21. The summed E-state index contributed by atoms with van der Waals surface area (Å²) < 4.78 is 1.74. The Bertz CT molecular complexity index is 701. The second kappa shape index (κ2) is 4.62. The van der Waals surface area contributed by atoms with E-state index in [9.17, 15) is 14.7 Å². The zero-order chi connectivity index (χ0) is 13.4. The number of nitrogens with zero attached hydrogens (tertiary/aromatic N) is 1. The molecule has 0 amide bonds. The van der Waals surface area contributed by atoms with Crippen LogP contribution in [0, 0.1) is 6.92 Å². The number of halogens is 1. The van der Waals surface area contributed by atoms with Gasteiger partial charge in [-0.15, -0.1) is 11.3 Å². The number of thiophene rings is 1. The molecule has 0 aliphatic carbocycles. The lowest BCUT2D eigenvalue weighted by Crippen LogP contribution is -2.33. The molecule has 7 heteroatoms. The van der Waals surface area contributed by atoms with E-state index in [1.807, 2.05) is 0 Å². The first-order chi connectivity index (χ1) is 8.41. The standard InChI is InChI=1S/C11H11ClN2O3S/c1-5-9(15)13-11(17)14(10(5)16)6(2)7-3-4-8(12)18-7/h3-4,6,16H,1-2H3,(H,13,15,17). The highest BCUT2D eigenvalue weighted by Crippen LogP contribution is 2.30. The number of hydrogen-bond acceptors (Lipinski definition) is 4. The molecular formula is C11H11ClN2O3S. The molecule has 0 aliphatic rings. The van der Waals surface area contributed by atoms with E-state index in [1.54, 1.807) is 19.1 Å². The maximum absolute atomic E-state index is 11.8. The van der Waals surface area contributed by atoms with Crippen molar-refractivity contribution >= 4 is 22.9 Å². The van der Waals surface area contributed by atoms with E-state index in [2.05, 4.69) is 4.98 Å². The molecule has 0 saturated heterocycles. The average molecular weight is 287 g/mol. The molecule has 2 heterocycles. The van der Waals surface area contributed by atoms with E-state index in [1.165, 1.54) is 18.3 Å². The summed E-state index contributed by atoms with van der Waals surface area (Å²) in [5.74, 6) is -0.319. The summed E-state index contributed by atoms with van der Waals surface area (Å²) in [6.45, 7) is 3.21. The Kier molecular flexibility index (Phi) is 3.32. The van der Waals surface area contributed by atoms with Crippen LogP contribution in [-0.2, 0) is 0 Å². The van der Waals surface area contributed by atoms with Crippen molar-refractivity contribution in [2.75, 3.05) is 0 Å². The molecule has 0 aliphatic heterocycles. The van der Waals surface area contributed by atoms with Crippen LogP contribution in [0.4, 0.5) is 0 Å². The minimum atomic E-state index is -0.639. The van der Waals surface area contributed by atoms with Gasteiger partial charge >= 0.3 is 5.69 Å². The highest BCUT2D eigenvalue weighted by atomic mass is 35.5. The molecular weight excluding hydrogens is 276 g/mol. The van der Waals surface area contributed by atoms with Gasteiger partial charge in [0.15, 0.2) is 0 Å². The van der Waals surface area contributed by atoms with Crippen LogP contribution in [-0.4, -0.2) is 14.7 Å². The smallest absolute Gasteiger partial charge is 0.331 e. The van der Waals surface area contributed by atoms with Gasteiger partial charge in [0.1, 0.15) is 0 Å². The van der Waals surface area contributed by atoms with Gasteiger partial charge < -0.3 is 5.11 Å². The van der Waals surface area contributed by atoms with Crippen LogP contribution in [0.2, 0.25) is 4.34 Å². The number of aromatic nitrogens is 2. The first kappa shape index (κ1) is 12.9. The number of aromatic hydroxyl groups is 1. The van der Waals surface area contributed by atoms with Crippen LogP contribution in [0.5, 0.6) is 5.88 Å². The number of nitrogens with one attached hydrogen (secondary N) is 1. The van der Waals surface area contributed by atoms with Gasteiger partial charge in [-0.1, -0.05) is 11.6 Å². The summed E-state index contributed by atoms with van der Waals surface area (Å²) in [4.78, 5) is 26.1. The SMILES string of the molecule is Cc1c(O)n(C(C)c2ccc(Cl)s2)c(=O)[nH]c1=O. The highest BCUT2D eigenvalue weighted by molar-refractivity contribution is 7.16. The lowest BCUT2D eigenvalue weighted by atomic mass is 10.2. The lowest BCUT2D eigenvalue weighted by molar-refractivity contribution is 0.386. The molecule has 1 unspecified atom stereocenters. The molecule has 96 valence electrons. The molecule has 0 spiro atoms. The van der Waals surface area contributed by atoms with Crippen molar-refractivity contribution in [1.29, 1.82) is 0 Å². The Morgan fingerprint density at radius 2 is 2.11 bits per heavy atom. The molecule has 0 aromatic carbocycles. The normalized spacial score (nSPS) is 12.6. The molecule has 2 N–H and O–H groups in total. The van der Waals surface area contributed by atoms with Gasteiger partial charge in [0.25, 0.3) is 5.56 Å². The summed E-state index contributed by atoms with van der Waals surface area (Å²) in [7, 11) is 0. The fraction of sp³-hybridized carbons (Fsp3) is 0.273. The third-order valence-electron chi connectivity index (χ3n) is 2.74. The van der Waals surface area contributed by atoms with Gasteiger partial charge in [-0.25, -0.2) is 4.79 Å². The molecule has 2 rings (SSSR count). The Labute approximate surface area is 111 Å². The second-order valence-electron chi connectivity index (χ2n) is 3.90. The predicted molar refractivity (Wildman–Crippen MR) is 70.9 cm³/mol. The maximum atomic E-state index is 11.8. The van der Waals surface area contributed by atoms with Gasteiger partial charge in [0.05, 0.1) is 15.9 Å². The Hall–Kier alpha value is -1.53. The predicted octanol–water partition coefficient (Wildman–Crippen LogP) is 1.87. The minimum Gasteiger partial charge on any atom is -0.494 e. The maximum Gasteiger partial charge on any atom is 0.331 e. The lowest BCUT2D eigenvalue weighted by Gasteiger charge is -2.15. The Morgan fingerprint density at radius 3 is 2.67 bits per heavy atom. The van der Waals surface area contributed by atoms with Crippen molar-refractivity contribution in [3.63, 3.8) is 0 Å². The van der Waals surface area contributed by atoms with Crippen molar-refractivity contribution in [2.45, 2.75) is 19.9 Å². The fourth-order valence-electron chi connectivity index (χ4n) is 1.67. The molecule has 0 bridgehead atoms. The van der Waals surface area contributed by atoms with Crippen LogP contribution >= 0.6 is 22.9 Å². The third kappa shape index (κ3) is 2.09. The molecule has 18 heavy (non-hydrogen) atoms. The van der Waals surface area contributed by atoms with Crippen LogP contribution in [0.1, 0.15) is 23.4 Å². The molecule has 2 aromatic rings. The molecule has 0 saturated carbocycles. The van der Waals surface area contributed by atoms with Gasteiger partial charge in [0.2, 0.25) is 5.88 Å². The van der Waals surface area contributed by atoms with Gasteiger partial charge in [-0.2, -0.15) is 0 Å². The number of rotatable bonds is 2. The van der Waals surface area contributed by atoms with Crippen LogP contribution in [0.3, 0.4) is 0 Å². The minimum absolute atomic E-state index is 0.115. The zero-order valence-electron chi connectivity index (χ0n) is 9.73. The fourth-order valence-corrected chi connectivity index (χ4v) is 2.77. The Balaban J connectivity index is 2.62. The summed E-state index contributed by atoms with van der Waals surface area (Å²) in [6.07, 6.45) is 0. The quantitative estimate of drug-likeness (QED) is 0.885. The number of aromatic amines is 1. The van der Waals surface area contributed by atoms with E-state index < -0.39 is 17.3 Å². The molecule has 0 fully saturated rings.